The predicted octanol–water partition coefficient (Wildman–Crippen LogP) is -1.98. The van der Waals surface area contributed by atoms with E-state index in [0.29, 0.717) is 19.5 Å². The molecule has 96 valence electrons. The fourth-order valence-electron chi connectivity index (χ4n) is 0.944. The van der Waals surface area contributed by atoms with E-state index in [4.69, 9.17) is 10.5 Å². The molecule has 1 amide bonds. The van der Waals surface area contributed by atoms with Crippen LogP contribution in [0.3, 0.4) is 0 Å². The number of rotatable bonds is 8. The highest BCUT2D eigenvalue weighted by atomic mass is 32.2. The molecule has 4 N–H and O–H groups in total. The van der Waals surface area contributed by atoms with Gasteiger partial charge >= 0.3 is 0 Å². The molecule has 0 saturated carbocycles. The molecule has 0 rings (SSSR count). The molecular formula is C8H19N3O4S. The highest BCUT2D eigenvalue weighted by molar-refractivity contribution is 7.88. The van der Waals surface area contributed by atoms with Gasteiger partial charge in [-0.05, 0) is 6.42 Å². The standard InChI is InChI=1S/C8H19N3O4S/c1-15-6-7(9)8(12)10-4-3-5-11-16(2,13)14/h7,11H,3-6,9H2,1-2H3,(H,10,12). The number of sulfonamides is 1. The molecule has 8 heteroatoms. The molecule has 0 aromatic carbocycles. The summed E-state index contributed by atoms with van der Waals surface area (Å²) >= 11 is 0. The molecule has 0 saturated heterocycles. The summed E-state index contributed by atoms with van der Waals surface area (Å²) in [7, 11) is -1.70. The number of hydrogen-bond donors (Lipinski definition) is 3. The molecule has 0 aliphatic heterocycles. The average Bonchev–Trinajstić information content (AvgIpc) is 2.15. The molecule has 0 radical (unpaired) electrons. The largest absolute Gasteiger partial charge is 0.383 e. The second kappa shape index (κ2) is 7.55. The SMILES string of the molecule is COCC(N)C(=O)NCCCNS(C)(=O)=O. The van der Waals surface area contributed by atoms with Crippen molar-refractivity contribution in [3.05, 3.63) is 0 Å². The number of amides is 1. The molecule has 0 aromatic heterocycles. The Morgan fingerprint density at radius 3 is 2.56 bits per heavy atom. The molecule has 1 atom stereocenters. The Morgan fingerprint density at radius 1 is 1.44 bits per heavy atom. The van der Waals surface area contributed by atoms with Gasteiger partial charge in [0.15, 0.2) is 0 Å². The fourth-order valence-corrected chi connectivity index (χ4v) is 1.46. The summed E-state index contributed by atoms with van der Waals surface area (Å²) in [5.74, 6) is -0.304. The van der Waals surface area contributed by atoms with Gasteiger partial charge < -0.3 is 15.8 Å². The lowest BCUT2D eigenvalue weighted by molar-refractivity contribution is -0.123. The zero-order valence-corrected chi connectivity index (χ0v) is 10.3. The van der Waals surface area contributed by atoms with Crippen LogP contribution in [0.25, 0.3) is 0 Å². The Hall–Kier alpha value is -0.700. The molecular weight excluding hydrogens is 234 g/mol. The zero-order valence-electron chi connectivity index (χ0n) is 9.52. The van der Waals surface area contributed by atoms with E-state index in [-0.39, 0.29) is 12.5 Å². The number of nitrogens with one attached hydrogen (secondary N) is 2. The van der Waals surface area contributed by atoms with Crippen LogP contribution >= 0.6 is 0 Å². The lowest BCUT2D eigenvalue weighted by Gasteiger charge is -2.10. The summed E-state index contributed by atoms with van der Waals surface area (Å²) in [5.41, 5.74) is 5.46. The van der Waals surface area contributed by atoms with Crippen molar-refractivity contribution in [1.29, 1.82) is 0 Å². The number of carbonyl (C=O) groups excluding carboxylic acids is 1. The van der Waals surface area contributed by atoms with Crippen molar-refractivity contribution in [3.8, 4) is 0 Å². The van der Waals surface area contributed by atoms with Crippen molar-refractivity contribution in [2.45, 2.75) is 12.5 Å². The fraction of sp³-hybridized carbons (Fsp3) is 0.875. The molecule has 0 aromatic rings. The first-order valence-electron chi connectivity index (χ1n) is 4.83. The second-order valence-electron chi connectivity index (χ2n) is 3.37. The van der Waals surface area contributed by atoms with Crippen LogP contribution < -0.4 is 15.8 Å². The van der Waals surface area contributed by atoms with Crippen LogP contribution in [0.1, 0.15) is 6.42 Å². The van der Waals surface area contributed by atoms with E-state index < -0.39 is 16.1 Å². The maximum Gasteiger partial charge on any atom is 0.239 e. The van der Waals surface area contributed by atoms with E-state index in [0.717, 1.165) is 6.26 Å². The molecule has 0 fully saturated rings. The van der Waals surface area contributed by atoms with Gasteiger partial charge in [0.1, 0.15) is 6.04 Å². The van der Waals surface area contributed by atoms with Crippen LogP contribution in [-0.2, 0) is 19.6 Å². The maximum absolute atomic E-state index is 11.2. The van der Waals surface area contributed by atoms with Gasteiger partial charge in [-0.25, -0.2) is 13.1 Å². The van der Waals surface area contributed by atoms with Gasteiger partial charge in [-0.15, -0.1) is 0 Å². The van der Waals surface area contributed by atoms with Crippen LogP contribution in [0.5, 0.6) is 0 Å². The van der Waals surface area contributed by atoms with Crippen LogP contribution in [0.2, 0.25) is 0 Å². The monoisotopic (exact) mass is 253 g/mol. The Balaban J connectivity index is 3.56. The molecule has 0 aliphatic rings. The van der Waals surface area contributed by atoms with Gasteiger partial charge in [0, 0.05) is 20.2 Å². The first-order valence-corrected chi connectivity index (χ1v) is 6.73. The van der Waals surface area contributed by atoms with Gasteiger partial charge in [0.05, 0.1) is 12.9 Å². The maximum atomic E-state index is 11.2. The van der Waals surface area contributed by atoms with Crippen LogP contribution in [0.15, 0.2) is 0 Å². The summed E-state index contributed by atoms with van der Waals surface area (Å²) in [6, 6.07) is -0.687. The predicted molar refractivity (Wildman–Crippen MR) is 60.3 cm³/mol. The molecule has 0 spiro atoms. The normalized spacial score (nSPS) is 13.4. The lowest BCUT2D eigenvalue weighted by atomic mass is 10.3. The minimum absolute atomic E-state index is 0.160. The highest BCUT2D eigenvalue weighted by Gasteiger charge is 2.11. The molecule has 1 unspecified atom stereocenters. The van der Waals surface area contributed by atoms with Crippen molar-refractivity contribution in [2.75, 3.05) is 33.1 Å². The Kier molecular flexibility index (Phi) is 7.22. The van der Waals surface area contributed by atoms with Crippen LogP contribution in [0.4, 0.5) is 0 Å². The minimum Gasteiger partial charge on any atom is -0.383 e. The van der Waals surface area contributed by atoms with Gasteiger partial charge in [0.2, 0.25) is 15.9 Å². The first-order chi connectivity index (χ1) is 7.37. The smallest absolute Gasteiger partial charge is 0.239 e. The summed E-state index contributed by atoms with van der Waals surface area (Å²) < 4.78 is 28.4. The van der Waals surface area contributed by atoms with Crippen molar-refractivity contribution in [3.63, 3.8) is 0 Å². The van der Waals surface area contributed by atoms with Gasteiger partial charge in [-0.2, -0.15) is 0 Å². The third-order valence-electron chi connectivity index (χ3n) is 1.70. The van der Waals surface area contributed by atoms with Crippen molar-refractivity contribution in [2.24, 2.45) is 5.73 Å². The van der Waals surface area contributed by atoms with E-state index in [1.54, 1.807) is 0 Å². The molecule has 0 heterocycles. The summed E-state index contributed by atoms with van der Waals surface area (Å²) in [6.07, 6.45) is 1.60. The number of nitrogens with two attached hydrogens (primary N) is 1. The quantitative estimate of drug-likeness (QED) is 0.434. The average molecular weight is 253 g/mol. The summed E-state index contributed by atoms with van der Waals surface area (Å²) in [6.45, 7) is 0.824. The third kappa shape index (κ3) is 8.60. The Morgan fingerprint density at radius 2 is 2.06 bits per heavy atom. The Labute approximate surface area is 95.8 Å². The second-order valence-corrected chi connectivity index (χ2v) is 5.21. The van der Waals surface area contributed by atoms with E-state index in [1.807, 2.05) is 0 Å². The van der Waals surface area contributed by atoms with E-state index >= 15 is 0 Å². The molecule has 7 nitrogen and oxygen atoms in total. The van der Waals surface area contributed by atoms with Crippen LogP contribution in [0, 0.1) is 0 Å². The minimum atomic E-state index is -3.16. The van der Waals surface area contributed by atoms with Crippen molar-refractivity contribution >= 4 is 15.9 Å². The van der Waals surface area contributed by atoms with Crippen molar-refractivity contribution in [1.82, 2.24) is 10.0 Å². The summed E-state index contributed by atoms with van der Waals surface area (Å²) in [5, 5.41) is 2.57. The Bertz CT molecular complexity index is 304. The van der Waals surface area contributed by atoms with E-state index in [2.05, 4.69) is 10.0 Å². The van der Waals surface area contributed by atoms with Crippen LogP contribution in [-0.4, -0.2) is 53.4 Å². The summed E-state index contributed by atoms with van der Waals surface area (Å²) in [4.78, 5) is 11.2. The first kappa shape index (κ1) is 15.3. The number of ether oxygens (including phenoxy) is 1. The van der Waals surface area contributed by atoms with Gasteiger partial charge in [-0.1, -0.05) is 0 Å². The zero-order chi connectivity index (χ0) is 12.6. The lowest BCUT2D eigenvalue weighted by Crippen LogP contribution is -2.44. The number of methoxy groups -OCH3 is 1. The molecule has 0 bridgehead atoms. The van der Waals surface area contributed by atoms with Gasteiger partial charge in [0.25, 0.3) is 0 Å². The number of hydrogen-bond acceptors (Lipinski definition) is 5. The van der Waals surface area contributed by atoms with Gasteiger partial charge in [-0.3, -0.25) is 4.79 Å². The van der Waals surface area contributed by atoms with E-state index in [1.165, 1.54) is 7.11 Å². The van der Waals surface area contributed by atoms with Crippen molar-refractivity contribution < 1.29 is 17.9 Å². The van der Waals surface area contributed by atoms with E-state index in [9.17, 15) is 13.2 Å². The third-order valence-corrected chi connectivity index (χ3v) is 2.43. The molecule has 0 aliphatic carbocycles. The highest BCUT2D eigenvalue weighted by Crippen LogP contribution is 1.82. The molecule has 16 heavy (non-hydrogen) atoms. The topological polar surface area (TPSA) is 111 Å². The number of carbonyl (C=O) groups is 1.